The number of nitrogens with zero attached hydrogens (tertiary/aromatic N) is 13. The van der Waals surface area contributed by atoms with Crippen LogP contribution in [0, 0.1) is 5.92 Å². The van der Waals surface area contributed by atoms with E-state index in [0.29, 0.717) is 111 Å². The molecule has 0 spiro atoms. The van der Waals surface area contributed by atoms with Crippen molar-refractivity contribution < 1.29 is 38.9 Å². The number of carbonyl (C=O) groups is 4. The molecule has 2 saturated heterocycles. The van der Waals surface area contributed by atoms with E-state index in [2.05, 4.69) is 25.9 Å². The summed E-state index contributed by atoms with van der Waals surface area (Å²) in [4.78, 5) is 86.5. The number of hydrogen-bond acceptors (Lipinski definition) is 18. The first kappa shape index (κ1) is 50.4. The van der Waals surface area contributed by atoms with Crippen LogP contribution in [-0.2, 0) is 33.8 Å². The van der Waals surface area contributed by atoms with Gasteiger partial charge in [-0.1, -0.05) is 36.8 Å². The monoisotopic (exact) mass is 1010 g/mol. The number of carboxylic acids is 2. The molecule has 24 nitrogen and oxygen atoms in total. The minimum Gasteiger partial charge on any atom is -0.508 e. The summed E-state index contributed by atoms with van der Waals surface area (Å²) in [5, 5.41) is 50.7. The van der Waals surface area contributed by atoms with Crippen molar-refractivity contribution in [3.05, 3.63) is 94.2 Å². The summed E-state index contributed by atoms with van der Waals surface area (Å²) in [6.45, 7) is 7.51. The lowest BCUT2D eigenvalue weighted by atomic mass is 9.90. The molecule has 9 rings (SSSR count). The molecule has 5 aromatic rings. The maximum atomic E-state index is 14.3. The van der Waals surface area contributed by atoms with Crippen LogP contribution in [0.5, 0.6) is 5.75 Å². The van der Waals surface area contributed by atoms with E-state index in [0.717, 1.165) is 25.0 Å². The molecule has 1 aliphatic carbocycles. The smallest absolute Gasteiger partial charge is 0.336 e. The third kappa shape index (κ3) is 11.2. The minimum atomic E-state index is -1.23. The molecule has 6 N–H and O–H groups in total. The number of rotatable bonds is 19. The Hall–Kier alpha value is -8.54. The average Bonchev–Trinajstić information content (AvgIpc) is 4.07. The van der Waals surface area contributed by atoms with Gasteiger partial charge in [0, 0.05) is 106 Å². The van der Waals surface area contributed by atoms with Crippen LogP contribution in [0.1, 0.15) is 67.3 Å². The predicted octanol–water partition coefficient (Wildman–Crippen LogP) is 3.66. The number of hydrogen-bond donors (Lipinski definition) is 5. The largest absolute Gasteiger partial charge is 0.508 e. The number of aromatic nitrogens is 9. The number of unbranched alkanes of at least 4 members (excludes halogenated alkanes) is 1. The van der Waals surface area contributed by atoms with Gasteiger partial charge >= 0.3 is 11.9 Å². The quantitative estimate of drug-likeness (QED) is 0.0570. The Balaban J connectivity index is 0.980. The van der Waals surface area contributed by atoms with Gasteiger partial charge in [0.05, 0.1) is 23.4 Å². The fourth-order valence-electron chi connectivity index (χ4n) is 9.32. The number of phenols is 1. The molecular weight excluding hydrogens is 955 g/mol. The second kappa shape index (κ2) is 22.1. The number of anilines is 4. The number of piperazine rings is 2. The maximum absolute atomic E-state index is 14.3. The van der Waals surface area contributed by atoms with Crippen molar-refractivity contribution in [2.45, 2.75) is 65.0 Å². The fraction of sp³-hybridized carbons (Fsp3) is 0.400. The van der Waals surface area contributed by atoms with Gasteiger partial charge in [0.15, 0.2) is 5.43 Å². The number of carbonyl (C=O) groups excluding carboxylic acids is 2. The van der Waals surface area contributed by atoms with Crippen LogP contribution < -0.4 is 26.3 Å². The molecule has 2 fully saturated rings. The Morgan fingerprint density at radius 2 is 1.47 bits per heavy atom. The normalized spacial score (nSPS) is 14.9. The first-order chi connectivity index (χ1) is 35.7. The van der Waals surface area contributed by atoms with Gasteiger partial charge in [-0.2, -0.15) is 15.0 Å². The number of nitrogens with two attached hydrogens (primary N) is 1. The fourth-order valence-corrected chi connectivity index (χ4v) is 9.32. The van der Waals surface area contributed by atoms with E-state index in [4.69, 9.17) is 25.1 Å². The van der Waals surface area contributed by atoms with E-state index >= 15 is 0 Å². The van der Waals surface area contributed by atoms with E-state index in [1.54, 1.807) is 51.1 Å². The van der Waals surface area contributed by atoms with Gasteiger partial charge in [-0.25, -0.2) is 14.2 Å². The molecule has 2 atom stereocenters. The van der Waals surface area contributed by atoms with Gasteiger partial charge in [-0.15, -0.1) is 10.2 Å². The van der Waals surface area contributed by atoms with Crippen molar-refractivity contribution in [3.8, 4) is 28.2 Å². The molecule has 386 valence electrons. The summed E-state index contributed by atoms with van der Waals surface area (Å²) in [5.41, 5.74) is 8.47. The lowest BCUT2D eigenvalue weighted by Gasteiger charge is -2.38. The van der Waals surface area contributed by atoms with Crippen LogP contribution in [0.3, 0.4) is 0 Å². The molecule has 24 heteroatoms. The van der Waals surface area contributed by atoms with Gasteiger partial charge in [0.25, 0.3) is 0 Å². The van der Waals surface area contributed by atoms with Crippen molar-refractivity contribution in [2.24, 2.45) is 11.7 Å². The highest BCUT2D eigenvalue weighted by Crippen LogP contribution is 2.42. The van der Waals surface area contributed by atoms with Gasteiger partial charge in [0.1, 0.15) is 29.7 Å². The third-order valence-corrected chi connectivity index (χ3v) is 13.5. The summed E-state index contributed by atoms with van der Waals surface area (Å²) < 4.78 is 9.10. The Morgan fingerprint density at radius 3 is 2.16 bits per heavy atom. The lowest BCUT2D eigenvalue weighted by Crippen LogP contribution is -2.52. The molecule has 0 bridgehead atoms. The lowest BCUT2D eigenvalue weighted by molar-refractivity contribution is -0.138. The molecule has 0 unspecified atom stereocenters. The zero-order valence-corrected chi connectivity index (χ0v) is 41.0. The second-order valence-electron chi connectivity index (χ2n) is 18.5. The van der Waals surface area contributed by atoms with E-state index in [1.807, 2.05) is 23.6 Å². The molecule has 6 heterocycles. The molecule has 3 aromatic heterocycles. The summed E-state index contributed by atoms with van der Waals surface area (Å²) in [6.07, 6.45) is 6.70. The van der Waals surface area contributed by atoms with E-state index < -0.39 is 18.0 Å². The van der Waals surface area contributed by atoms with E-state index in [-0.39, 0.29) is 71.2 Å². The van der Waals surface area contributed by atoms with Crippen molar-refractivity contribution in [2.75, 3.05) is 74.0 Å². The zero-order valence-electron chi connectivity index (χ0n) is 41.0. The molecule has 2 aromatic carbocycles. The Labute approximate surface area is 423 Å². The summed E-state index contributed by atoms with van der Waals surface area (Å²) in [6, 6.07) is 12.9. The highest BCUT2D eigenvalue weighted by Gasteiger charge is 2.34. The standard InChI is InChI=1S/C50H57N15O9/c1-3-30(2)45(65-28-33(57-59-65)8-14-43(69)70)46(71)61-18-22-63(23-19-61)50-54-48(53-49(55-50)62-20-16-60(17-21-62)42(68)29-64-27-32(56-58-64)6-4-5-15-51)52-31-7-11-36(39(24-31)47(72)73)44-37-12-9-34(66)25-40(37)74-41-26-35(67)10-13-38(41)44/h7,9-13,24-28,30,45,66H,3-6,8,14-23,29,51H2,1-2H3,(H,69,70)(H,72,73)(H,52,53,54,55)/t30-,45-/m0/s1. The number of nitrogens with one attached hydrogen (secondary N) is 1. The Morgan fingerprint density at radius 1 is 0.784 bits per heavy atom. The number of carboxylic acid groups (broad SMARTS) is 2. The predicted molar refractivity (Wildman–Crippen MR) is 270 cm³/mol. The van der Waals surface area contributed by atoms with Crippen LogP contribution in [0.25, 0.3) is 33.4 Å². The van der Waals surface area contributed by atoms with E-state index in [1.165, 1.54) is 35.0 Å². The topological polar surface area (TPSA) is 310 Å². The molecule has 0 saturated carbocycles. The number of benzene rings is 3. The number of phenolic OH excluding ortho intramolecular Hbond substituents is 1. The number of aromatic carboxylic acids is 1. The molecular formula is C50H57N15O9. The summed E-state index contributed by atoms with van der Waals surface area (Å²) in [7, 11) is 0. The first-order valence-electron chi connectivity index (χ1n) is 24.6. The number of aryl methyl sites for hydroxylation is 2. The second-order valence-corrected chi connectivity index (χ2v) is 18.5. The first-order valence-corrected chi connectivity index (χ1v) is 24.6. The van der Waals surface area contributed by atoms with Crippen LogP contribution >= 0.6 is 0 Å². The van der Waals surface area contributed by atoms with Crippen LogP contribution in [-0.4, -0.2) is 153 Å². The van der Waals surface area contributed by atoms with Gasteiger partial charge < -0.3 is 50.4 Å². The Kier molecular flexibility index (Phi) is 15.0. The molecule has 3 aliphatic heterocycles. The van der Waals surface area contributed by atoms with Crippen molar-refractivity contribution in [1.29, 1.82) is 0 Å². The number of amides is 2. The SMILES string of the molecule is CC[C@H](C)[C@@H](C(=O)N1CCN(c2nc(Nc3ccc(-c4c5ccc(=O)cc-5oc5cc(O)ccc45)c(C(=O)O)c3)nc(N3CCN(C(=O)Cn4cc(CCCCN)nn4)CC3)n2)CC1)n1cc(CCC(=O)O)nn1. The van der Waals surface area contributed by atoms with Crippen molar-refractivity contribution >= 4 is 58.3 Å². The molecule has 4 aliphatic rings. The third-order valence-electron chi connectivity index (χ3n) is 13.5. The zero-order chi connectivity index (χ0) is 52.0. The van der Waals surface area contributed by atoms with Crippen molar-refractivity contribution in [3.63, 3.8) is 0 Å². The number of fused-ring (bicyclic) bond motifs is 2. The number of aliphatic carboxylic acids is 1. The molecule has 0 radical (unpaired) electrons. The highest BCUT2D eigenvalue weighted by molar-refractivity contribution is 6.08. The van der Waals surface area contributed by atoms with Gasteiger partial charge in [-0.3, -0.25) is 19.2 Å². The summed E-state index contributed by atoms with van der Waals surface area (Å²) >= 11 is 0. The minimum absolute atomic E-state index is 0.0426. The summed E-state index contributed by atoms with van der Waals surface area (Å²) in [5.74, 6) is -1.61. The van der Waals surface area contributed by atoms with Crippen molar-refractivity contribution in [1.82, 2.24) is 54.7 Å². The van der Waals surface area contributed by atoms with Crippen LogP contribution in [0.2, 0.25) is 0 Å². The van der Waals surface area contributed by atoms with Crippen LogP contribution in [0.4, 0.5) is 23.5 Å². The number of aromatic hydroxyl groups is 1. The van der Waals surface area contributed by atoms with E-state index in [9.17, 15) is 39.3 Å². The Bertz CT molecular complexity index is 3210. The maximum Gasteiger partial charge on any atom is 0.336 e. The van der Waals surface area contributed by atoms with Gasteiger partial charge in [0.2, 0.25) is 29.7 Å². The van der Waals surface area contributed by atoms with Gasteiger partial charge in [-0.05, 0) is 73.7 Å². The molecule has 74 heavy (non-hydrogen) atoms. The average molecular weight is 1010 g/mol. The van der Waals surface area contributed by atoms with Crippen LogP contribution in [0.15, 0.2) is 76.2 Å². The highest BCUT2D eigenvalue weighted by atomic mass is 16.4. The molecule has 2 amide bonds.